The van der Waals surface area contributed by atoms with Gasteiger partial charge in [0.1, 0.15) is 6.04 Å². The van der Waals surface area contributed by atoms with E-state index in [1.165, 1.54) is 0 Å². The molecule has 104 valence electrons. The third-order valence-corrected chi connectivity index (χ3v) is 3.60. The summed E-state index contributed by atoms with van der Waals surface area (Å²) in [6.07, 6.45) is 3.82. The molecule has 0 aromatic rings. The van der Waals surface area contributed by atoms with Crippen molar-refractivity contribution in [3.05, 3.63) is 12.7 Å². The van der Waals surface area contributed by atoms with Crippen molar-refractivity contribution in [3.8, 4) is 0 Å². The molecule has 1 atom stereocenters. The second-order valence-corrected chi connectivity index (χ2v) is 5.52. The second-order valence-electron chi connectivity index (χ2n) is 5.52. The summed E-state index contributed by atoms with van der Waals surface area (Å²) in [5.41, 5.74) is 0. The molecular formula is C14H27N3O. The molecule has 1 fully saturated rings. The molecule has 0 saturated carbocycles. The van der Waals surface area contributed by atoms with Gasteiger partial charge >= 0.3 is 0 Å². The summed E-state index contributed by atoms with van der Waals surface area (Å²) in [5, 5.41) is 3.24. The molecular weight excluding hydrogens is 226 g/mol. The van der Waals surface area contributed by atoms with Crippen LogP contribution in [-0.2, 0) is 4.79 Å². The number of hydrogen-bond acceptors (Lipinski definition) is 3. The number of rotatable bonds is 5. The molecule has 0 aliphatic carbocycles. The first kappa shape index (κ1) is 15.2. The van der Waals surface area contributed by atoms with Crippen LogP contribution < -0.4 is 5.32 Å². The van der Waals surface area contributed by atoms with Gasteiger partial charge in [-0.05, 0) is 46.8 Å². The van der Waals surface area contributed by atoms with Gasteiger partial charge in [0.2, 0.25) is 5.91 Å². The van der Waals surface area contributed by atoms with E-state index in [1.807, 2.05) is 25.8 Å². The highest BCUT2D eigenvalue weighted by molar-refractivity contribution is 5.83. The lowest BCUT2D eigenvalue weighted by Crippen LogP contribution is -2.51. The Morgan fingerprint density at radius 1 is 1.44 bits per heavy atom. The molecule has 1 aliphatic heterocycles. The van der Waals surface area contributed by atoms with Crippen LogP contribution in [0.15, 0.2) is 12.7 Å². The topological polar surface area (TPSA) is 35.6 Å². The molecule has 18 heavy (non-hydrogen) atoms. The van der Waals surface area contributed by atoms with Crippen molar-refractivity contribution in [2.24, 2.45) is 0 Å². The molecule has 4 nitrogen and oxygen atoms in total. The molecule has 4 heteroatoms. The Morgan fingerprint density at radius 2 is 2.00 bits per heavy atom. The lowest BCUT2D eigenvalue weighted by atomic mass is 10.0. The van der Waals surface area contributed by atoms with E-state index in [4.69, 9.17) is 0 Å². The smallest absolute Gasteiger partial charge is 0.243 e. The minimum Gasteiger partial charge on any atom is -0.341 e. The summed E-state index contributed by atoms with van der Waals surface area (Å²) in [7, 11) is 4.04. The number of piperidine rings is 1. The van der Waals surface area contributed by atoms with Crippen molar-refractivity contribution in [1.82, 2.24) is 15.1 Å². The summed E-state index contributed by atoms with van der Waals surface area (Å²) < 4.78 is 0. The number of amides is 1. The lowest BCUT2D eigenvalue weighted by Gasteiger charge is -2.36. The standard InChI is InChI=1S/C14H27N3O/c1-6-13(15-11(2)3)14(18)17(5)12-7-9-16(4)10-8-12/h6,11-13,15H,1,7-10H2,2-5H3/t13-/m1/s1. The van der Waals surface area contributed by atoms with Crippen LogP contribution in [-0.4, -0.2) is 61.0 Å². The second kappa shape index (κ2) is 6.90. The van der Waals surface area contributed by atoms with E-state index < -0.39 is 0 Å². The van der Waals surface area contributed by atoms with E-state index in [0.717, 1.165) is 25.9 Å². The Balaban J connectivity index is 2.56. The van der Waals surface area contributed by atoms with Gasteiger partial charge in [-0.2, -0.15) is 0 Å². The lowest BCUT2D eigenvalue weighted by molar-refractivity contribution is -0.134. The van der Waals surface area contributed by atoms with E-state index in [1.54, 1.807) is 6.08 Å². The summed E-state index contributed by atoms with van der Waals surface area (Å²) in [5.74, 6) is 0.133. The van der Waals surface area contributed by atoms with Gasteiger partial charge in [0, 0.05) is 19.1 Å². The quantitative estimate of drug-likeness (QED) is 0.745. The number of carbonyl (C=O) groups is 1. The van der Waals surface area contributed by atoms with Crippen molar-refractivity contribution in [3.63, 3.8) is 0 Å². The van der Waals surface area contributed by atoms with E-state index in [-0.39, 0.29) is 18.0 Å². The van der Waals surface area contributed by atoms with Crippen molar-refractivity contribution >= 4 is 5.91 Å². The van der Waals surface area contributed by atoms with Gasteiger partial charge in [-0.3, -0.25) is 4.79 Å². The molecule has 1 rings (SSSR count). The van der Waals surface area contributed by atoms with Crippen molar-refractivity contribution in [2.75, 3.05) is 27.2 Å². The van der Waals surface area contributed by atoms with Crippen LogP contribution >= 0.6 is 0 Å². The number of carbonyl (C=O) groups excluding carboxylic acids is 1. The minimum atomic E-state index is -0.269. The van der Waals surface area contributed by atoms with Gasteiger partial charge in [-0.1, -0.05) is 6.08 Å². The van der Waals surface area contributed by atoms with E-state index >= 15 is 0 Å². The zero-order chi connectivity index (χ0) is 13.7. The highest BCUT2D eigenvalue weighted by Crippen LogP contribution is 2.15. The largest absolute Gasteiger partial charge is 0.341 e. The normalized spacial score (nSPS) is 19.8. The number of likely N-dealkylation sites (N-methyl/N-ethyl adjacent to an activating group) is 1. The number of nitrogens with zero attached hydrogens (tertiary/aromatic N) is 2. The fourth-order valence-electron chi connectivity index (χ4n) is 2.38. The molecule has 0 aromatic carbocycles. The van der Waals surface area contributed by atoms with Crippen molar-refractivity contribution in [2.45, 2.75) is 44.8 Å². The van der Waals surface area contributed by atoms with Crippen molar-refractivity contribution in [1.29, 1.82) is 0 Å². The maximum Gasteiger partial charge on any atom is 0.243 e. The first-order chi connectivity index (χ1) is 8.45. The number of likely N-dealkylation sites (tertiary alicyclic amines) is 1. The Labute approximate surface area is 111 Å². The first-order valence-corrected chi connectivity index (χ1v) is 6.79. The Bertz CT molecular complexity index is 283. The molecule has 0 radical (unpaired) electrons. The first-order valence-electron chi connectivity index (χ1n) is 6.79. The van der Waals surface area contributed by atoms with E-state index in [9.17, 15) is 4.79 Å². The molecule has 1 N–H and O–H groups in total. The highest BCUT2D eigenvalue weighted by Gasteiger charge is 2.27. The Morgan fingerprint density at radius 3 is 2.44 bits per heavy atom. The van der Waals surface area contributed by atoms with Gasteiger partial charge in [-0.15, -0.1) is 6.58 Å². The molecule has 0 spiro atoms. The molecule has 0 bridgehead atoms. The van der Waals surface area contributed by atoms with Crippen LogP contribution in [0.25, 0.3) is 0 Å². The zero-order valence-electron chi connectivity index (χ0n) is 12.1. The average molecular weight is 253 g/mol. The SMILES string of the molecule is C=C[C@@H](NC(C)C)C(=O)N(C)C1CCN(C)CC1. The van der Waals surface area contributed by atoms with Crippen LogP contribution in [0.4, 0.5) is 0 Å². The summed E-state index contributed by atoms with van der Waals surface area (Å²) in [6, 6.07) is 0.377. The Kier molecular flexibility index (Phi) is 5.82. The van der Waals surface area contributed by atoms with E-state index in [0.29, 0.717) is 6.04 Å². The molecule has 0 unspecified atom stereocenters. The van der Waals surface area contributed by atoms with Gasteiger partial charge < -0.3 is 15.1 Å². The van der Waals surface area contributed by atoms with Gasteiger partial charge in [0.05, 0.1) is 0 Å². The molecule has 1 aliphatic rings. The molecule has 1 saturated heterocycles. The van der Waals surface area contributed by atoms with Crippen molar-refractivity contribution < 1.29 is 4.79 Å². The predicted octanol–water partition coefficient (Wildman–Crippen LogP) is 1.09. The fraction of sp³-hybridized carbons (Fsp3) is 0.786. The monoisotopic (exact) mass is 253 g/mol. The highest BCUT2D eigenvalue weighted by atomic mass is 16.2. The third kappa shape index (κ3) is 4.10. The predicted molar refractivity (Wildman–Crippen MR) is 75.5 cm³/mol. The van der Waals surface area contributed by atoms with E-state index in [2.05, 4.69) is 23.8 Å². The molecule has 1 heterocycles. The van der Waals surface area contributed by atoms with Crippen LogP contribution in [0.5, 0.6) is 0 Å². The van der Waals surface area contributed by atoms with Crippen LogP contribution in [0.2, 0.25) is 0 Å². The van der Waals surface area contributed by atoms with Gasteiger partial charge in [0.25, 0.3) is 0 Å². The number of nitrogens with one attached hydrogen (secondary N) is 1. The van der Waals surface area contributed by atoms with Crippen LogP contribution in [0.3, 0.4) is 0 Å². The molecule has 0 aromatic heterocycles. The fourth-order valence-corrected chi connectivity index (χ4v) is 2.38. The summed E-state index contributed by atoms with van der Waals surface area (Å²) in [4.78, 5) is 16.6. The average Bonchev–Trinajstić information content (AvgIpc) is 2.35. The van der Waals surface area contributed by atoms with Gasteiger partial charge in [-0.25, -0.2) is 0 Å². The zero-order valence-corrected chi connectivity index (χ0v) is 12.1. The number of hydrogen-bond donors (Lipinski definition) is 1. The maximum atomic E-state index is 12.4. The van der Waals surface area contributed by atoms with Crippen LogP contribution in [0, 0.1) is 0 Å². The maximum absolute atomic E-state index is 12.4. The third-order valence-electron chi connectivity index (χ3n) is 3.60. The summed E-state index contributed by atoms with van der Waals surface area (Å²) >= 11 is 0. The summed E-state index contributed by atoms with van der Waals surface area (Å²) in [6.45, 7) is 9.97. The minimum absolute atomic E-state index is 0.133. The van der Waals surface area contributed by atoms with Crippen LogP contribution in [0.1, 0.15) is 26.7 Å². The van der Waals surface area contributed by atoms with Gasteiger partial charge in [0.15, 0.2) is 0 Å². The Hall–Kier alpha value is -0.870. The molecule has 1 amide bonds.